The van der Waals surface area contributed by atoms with Gasteiger partial charge in [-0.2, -0.15) is 5.26 Å². The molecular formula is C15H22N2O2. The van der Waals surface area contributed by atoms with Gasteiger partial charge in [-0.1, -0.05) is 26.0 Å². The Morgan fingerprint density at radius 3 is 2.74 bits per heavy atom. The van der Waals surface area contributed by atoms with E-state index in [0.29, 0.717) is 17.9 Å². The highest BCUT2D eigenvalue weighted by atomic mass is 16.5. The van der Waals surface area contributed by atoms with Crippen molar-refractivity contribution in [1.29, 1.82) is 5.26 Å². The number of hydrogen-bond acceptors (Lipinski definition) is 4. The summed E-state index contributed by atoms with van der Waals surface area (Å²) in [6, 6.07) is 9.14. The summed E-state index contributed by atoms with van der Waals surface area (Å²) in [5.41, 5.74) is 0.496. The molecule has 0 aliphatic heterocycles. The summed E-state index contributed by atoms with van der Waals surface area (Å²) in [5, 5.41) is 18.9. The molecule has 1 N–H and O–H groups in total. The van der Waals surface area contributed by atoms with Crippen molar-refractivity contribution >= 4 is 0 Å². The van der Waals surface area contributed by atoms with E-state index >= 15 is 0 Å². The molecule has 4 heteroatoms. The number of aliphatic hydroxyl groups is 1. The van der Waals surface area contributed by atoms with Gasteiger partial charge in [0.05, 0.1) is 5.56 Å². The average molecular weight is 262 g/mol. The number of nitriles is 1. The molecule has 0 radical (unpaired) electrons. The van der Waals surface area contributed by atoms with Crippen molar-refractivity contribution in [3.05, 3.63) is 29.8 Å². The molecule has 1 unspecified atom stereocenters. The predicted molar refractivity (Wildman–Crippen MR) is 75.1 cm³/mol. The summed E-state index contributed by atoms with van der Waals surface area (Å²) >= 11 is 0. The largest absolute Gasteiger partial charge is 0.489 e. The molecule has 0 aliphatic rings. The first-order valence-corrected chi connectivity index (χ1v) is 6.73. The van der Waals surface area contributed by atoms with Crippen molar-refractivity contribution in [3.8, 4) is 11.8 Å². The van der Waals surface area contributed by atoms with Gasteiger partial charge in [-0.15, -0.1) is 0 Å². The summed E-state index contributed by atoms with van der Waals surface area (Å²) < 4.78 is 5.51. The van der Waals surface area contributed by atoms with Gasteiger partial charge in [0.1, 0.15) is 24.5 Å². The lowest BCUT2D eigenvalue weighted by molar-refractivity contribution is 0.0698. The number of rotatable bonds is 8. The van der Waals surface area contributed by atoms with Crippen LogP contribution >= 0.6 is 0 Å². The average Bonchev–Trinajstić information content (AvgIpc) is 2.44. The zero-order chi connectivity index (χ0) is 14.1. The van der Waals surface area contributed by atoms with Crippen LogP contribution in [0.25, 0.3) is 0 Å². The molecule has 1 aromatic carbocycles. The van der Waals surface area contributed by atoms with E-state index in [1.165, 1.54) is 0 Å². The predicted octanol–water partition coefficient (Wildman–Crippen LogP) is 2.03. The molecular weight excluding hydrogens is 240 g/mol. The van der Waals surface area contributed by atoms with Gasteiger partial charge in [-0.3, -0.25) is 0 Å². The Morgan fingerprint density at radius 1 is 1.37 bits per heavy atom. The van der Waals surface area contributed by atoms with Crippen molar-refractivity contribution in [3.63, 3.8) is 0 Å². The van der Waals surface area contributed by atoms with E-state index in [-0.39, 0.29) is 6.61 Å². The van der Waals surface area contributed by atoms with E-state index in [1.54, 1.807) is 18.2 Å². The van der Waals surface area contributed by atoms with E-state index in [4.69, 9.17) is 10.00 Å². The lowest BCUT2D eigenvalue weighted by atomic mass is 10.2. The Balaban J connectivity index is 2.45. The number of aliphatic hydroxyl groups excluding tert-OH is 1. The van der Waals surface area contributed by atoms with Crippen LogP contribution in [0.15, 0.2) is 24.3 Å². The van der Waals surface area contributed by atoms with E-state index in [1.807, 2.05) is 6.07 Å². The Bertz CT molecular complexity index is 415. The molecule has 0 fully saturated rings. The third-order valence-corrected chi connectivity index (χ3v) is 2.89. The van der Waals surface area contributed by atoms with Gasteiger partial charge in [-0.25, -0.2) is 0 Å². The van der Waals surface area contributed by atoms with Crippen molar-refractivity contribution in [2.45, 2.75) is 26.4 Å². The third kappa shape index (κ3) is 5.29. The first-order chi connectivity index (χ1) is 9.21. The summed E-state index contributed by atoms with van der Waals surface area (Å²) in [7, 11) is 0. The minimum absolute atomic E-state index is 0.207. The maximum absolute atomic E-state index is 9.95. The first kappa shape index (κ1) is 15.5. The zero-order valence-electron chi connectivity index (χ0n) is 11.7. The van der Waals surface area contributed by atoms with Gasteiger partial charge in [-0.05, 0) is 31.6 Å². The van der Waals surface area contributed by atoms with Crippen LogP contribution in [-0.4, -0.2) is 42.4 Å². The second-order valence-electron chi connectivity index (χ2n) is 4.47. The number of para-hydroxylation sites is 1. The molecule has 0 aliphatic carbocycles. The van der Waals surface area contributed by atoms with Crippen LogP contribution in [0.2, 0.25) is 0 Å². The van der Waals surface area contributed by atoms with Gasteiger partial charge in [0.2, 0.25) is 0 Å². The number of hydrogen-bond donors (Lipinski definition) is 1. The normalized spacial score (nSPS) is 12.2. The van der Waals surface area contributed by atoms with Crippen LogP contribution in [0.4, 0.5) is 0 Å². The van der Waals surface area contributed by atoms with Crippen LogP contribution in [-0.2, 0) is 0 Å². The number of ether oxygens (including phenoxy) is 1. The van der Waals surface area contributed by atoms with Gasteiger partial charge >= 0.3 is 0 Å². The molecule has 0 saturated heterocycles. The molecule has 4 nitrogen and oxygen atoms in total. The fourth-order valence-corrected chi connectivity index (χ4v) is 1.92. The Kier molecular flexibility index (Phi) is 6.94. The number of benzene rings is 1. The molecule has 1 atom stereocenters. The monoisotopic (exact) mass is 262 g/mol. The molecule has 0 saturated carbocycles. The maximum atomic E-state index is 9.95. The molecule has 0 heterocycles. The third-order valence-electron chi connectivity index (χ3n) is 2.89. The summed E-state index contributed by atoms with van der Waals surface area (Å²) in [4.78, 5) is 2.18. The molecule has 19 heavy (non-hydrogen) atoms. The minimum atomic E-state index is -0.543. The fourth-order valence-electron chi connectivity index (χ4n) is 1.92. The van der Waals surface area contributed by atoms with Crippen LogP contribution < -0.4 is 4.74 Å². The van der Waals surface area contributed by atoms with Crippen molar-refractivity contribution in [2.24, 2.45) is 0 Å². The smallest absolute Gasteiger partial charge is 0.137 e. The Hall–Kier alpha value is -1.57. The highest BCUT2D eigenvalue weighted by Crippen LogP contribution is 2.16. The molecule has 0 aromatic heterocycles. The standard InChI is InChI=1S/C15H22N2O2/c1-3-9-17(4-2)11-14(18)12-19-15-8-6-5-7-13(15)10-16/h5-8,14,18H,3-4,9,11-12H2,1-2H3. The second kappa shape index (κ2) is 8.52. The lowest BCUT2D eigenvalue weighted by Crippen LogP contribution is -2.36. The van der Waals surface area contributed by atoms with E-state index in [0.717, 1.165) is 19.5 Å². The van der Waals surface area contributed by atoms with Crippen molar-refractivity contribution < 1.29 is 9.84 Å². The summed E-state index contributed by atoms with van der Waals surface area (Å²) in [5.74, 6) is 0.530. The van der Waals surface area contributed by atoms with E-state index in [9.17, 15) is 5.11 Å². The molecule has 1 aromatic rings. The van der Waals surface area contributed by atoms with Gasteiger partial charge in [0.25, 0.3) is 0 Å². The molecule has 1 rings (SSSR count). The Labute approximate surface area is 115 Å². The van der Waals surface area contributed by atoms with Gasteiger partial charge < -0.3 is 14.7 Å². The van der Waals surface area contributed by atoms with Crippen LogP contribution in [0.3, 0.4) is 0 Å². The highest BCUT2D eigenvalue weighted by Gasteiger charge is 2.11. The van der Waals surface area contributed by atoms with Crippen LogP contribution in [0.1, 0.15) is 25.8 Å². The zero-order valence-corrected chi connectivity index (χ0v) is 11.7. The van der Waals surface area contributed by atoms with E-state index in [2.05, 4.69) is 24.8 Å². The van der Waals surface area contributed by atoms with Gasteiger partial charge in [0.15, 0.2) is 0 Å². The molecule has 0 bridgehead atoms. The number of nitrogens with zero attached hydrogens (tertiary/aromatic N) is 2. The topological polar surface area (TPSA) is 56.5 Å². The van der Waals surface area contributed by atoms with Crippen molar-refractivity contribution in [1.82, 2.24) is 4.90 Å². The van der Waals surface area contributed by atoms with Crippen LogP contribution in [0.5, 0.6) is 5.75 Å². The SMILES string of the molecule is CCCN(CC)CC(O)COc1ccccc1C#N. The number of likely N-dealkylation sites (N-methyl/N-ethyl adjacent to an activating group) is 1. The summed E-state index contributed by atoms with van der Waals surface area (Å²) in [6.45, 7) is 6.89. The van der Waals surface area contributed by atoms with Crippen LogP contribution in [0, 0.1) is 11.3 Å². The van der Waals surface area contributed by atoms with Gasteiger partial charge in [0, 0.05) is 6.54 Å². The minimum Gasteiger partial charge on any atom is -0.489 e. The lowest BCUT2D eigenvalue weighted by Gasteiger charge is -2.23. The highest BCUT2D eigenvalue weighted by molar-refractivity contribution is 5.42. The quantitative estimate of drug-likeness (QED) is 0.779. The second-order valence-corrected chi connectivity index (χ2v) is 4.47. The van der Waals surface area contributed by atoms with Crippen molar-refractivity contribution in [2.75, 3.05) is 26.2 Å². The molecule has 0 spiro atoms. The van der Waals surface area contributed by atoms with E-state index < -0.39 is 6.10 Å². The Morgan fingerprint density at radius 2 is 2.11 bits per heavy atom. The fraction of sp³-hybridized carbons (Fsp3) is 0.533. The first-order valence-electron chi connectivity index (χ1n) is 6.73. The molecule has 0 amide bonds. The summed E-state index contributed by atoms with van der Waals surface area (Å²) in [6.07, 6.45) is 0.525. The maximum Gasteiger partial charge on any atom is 0.137 e. The molecule has 104 valence electrons.